The summed E-state index contributed by atoms with van der Waals surface area (Å²) < 4.78 is 10.9. The Balaban J connectivity index is 1.45. The van der Waals surface area contributed by atoms with Gasteiger partial charge in [-0.2, -0.15) is 5.10 Å². The molecule has 1 saturated heterocycles. The van der Waals surface area contributed by atoms with E-state index in [1.807, 2.05) is 42.6 Å². The quantitative estimate of drug-likeness (QED) is 0.572. The van der Waals surface area contributed by atoms with Crippen LogP contribution in [-0.4, -0.2) is 55.1 Å². The number of methoxy groups -OCH3 is 1. The van der Waals surface area contributed by atoms with Gasteiger partial charge in [-0.25, -0.2) is 0 Å². The molecule has 2 N–H and O–H groups in total. The summed E-state index contributed by atoms with van der Waals surface area (Å²) in [5.41, 5.74) is 4.50. The molecule has 6 nitrogen and oxygen atoms in total. The lowest BCUT2D eigenvalue weighted by Gasteiger charge is -2.35. The van der Waals surface area contributed by atoms with Crippen LogP contribution in [0.3, 0.4) is 0 Å². The fraction of sp³-hybridized carbons (Fsp3) is 0.348. The van der Waals surface area contributed by atoms with E-state index in [1.54, 1.807) is 7.11 Å². The van der Waals surface area contributed by atoms with E-state index in [0.29, 0.717) is 0 Å². The number of nitrogens with one attached hydrogen (secondary N) is 2. The third kappa shape index (κ3) is 5.02. The summed E-state index contributed by atoms with van der Waals surface area (Å²) in [7, 11) is 1.69. The van der Waals surface area contributed by atoms with Gasteiger partial charge in [0.15, 0.2) is 0 Å². The van der Waals surface area contributed by atoms with Crippen molar-refractivity contribution in [2.75, 3.05) is 40.0 Å². The molecule has 0 radical (unpaired) electrons. The first-order valence-electron chi connectivity index (χ1n) is 10.2. The molecule has 0 amide bonds. The number of nitrogens with zero attached hydrogens (tertiary/aromatic N) is 2. The second-order valence-corrected chi connectivity index (χ2v) is 7.78. The highest BCUT2D eigenvalue weighted by molar-refractivity contribution is 6.30. The Bertz CT molecular complexity index is 921. The molecule has 1 aliphatic rings. The molecule has 1 unspecified atom stereocenters. The Morgan fingerprint density at radius 3 is 2.57 bits per heavy atom. The monoisotopic (exact) mass is 426 g/mol. The summed E-state index contributed by atoms with van der Waals surface area (Å²) in [5.74, 6) is 0.874. The molecule has 30 heavy (non-hydrogen) atoms. The Hall–Kier alpha value is -2.38. The topological polar surface area (TPSA) is 62.4 Å². The SMILES string of the molecule is COc1ccc(C(CNCc2cn[nH]c2-c2ccc(Cl)cc2)N2CCOCC2)cc1. The van der Waals surface area contributed by atoms with Crippen LogP contribution in [0, 0.1) is 0 Å². The number of aromatic nitrogens is 2. The first kappa shape index (κ1) is 20.9. The van der Waals surface area contributed by atoms with Gasteiger partial charge in [-0.15, -0.1) is 0 Å². The third-order valence-corrected chi connectivity index (χ3v) is 5.74. The molecule has 2 heterocycles. The number of benzene rings is 2. The number of hydrogen-bond donors (Lipinski definition) is 2. The van der Waals surface area contributed by atoms with E-state index in [1.165, 1.54) is 5.56 Å². The number of hydrogen-bond acceptors (Lipinski definition) is 5. The van der Waals surface area contributed by atoms with Gasteiger partial charge in [-0.3, -0.25) is 10.00 Å². The number of morpholine rings is 1. The van der Waals surface area contributed by atoms with Gasteiger partial charge < -0.3 is 14.8 Å². The molecule has 1 fully saturated rings. The highest BCUT2D eigenvalue weighted by atomic mass is 35.5. The molecule has 158 valence electrons. The van der Waals surface area contributed by atoms with E-state index < -0.39 is 0 Å². The van der Waals surface area contributed by atoms with E-state index in [2.05, 4.69) is 32.5 Å². The van der Waals surface area contributed by atoms with Crippen LogP contribution in [0.15, 0.2) is 54.7 Å². The predicted molar refractivity (Wildman–Crippen MR) is 119 cm³/mol. The first-order valence-corrected chi connectivity index (χ1v) is 10.6. The minimum absolute atomic E-state index is 0.269. The Kier molecular flexibility index (Phi) is 7.02. The minimum Gasteiger partial charge on any atom is -0.497 e. The van der Waals surface area contributed by atoms with Crippen molar-refractivity contribution >= 4 is 11.6 Å². The van der Waals surface area contributed by atoms with Crippen molar-refractivity contribution in [3.8, 4) is 17.0 Å². The van der Waals surface area contributed by atoms with Gasteiger partial charge in [-0.05, 0) is 35.4 Å². The van der Waals surface area contributed by atoms with Crippen molar-refractivity contribution in [3.63, 3.8) is 0 Å². The maximum atomic E-state index is 6.02. The molecule has 1 atom stereocenters. The molecule has 0 aliphatic carbocycles. The molecular weight excluding hydrogens is 400 g/mol. The maximum absolute atomic E-state index is 6.02. The molecule has 4 rings (SSSR count). The average Bonchev–Trinajstić information content (AvgIpc) is 3.26. The largest absolute Gasteiger partial charge is 0.497 e. The number of aromatic amines is 1. The molecule has 1 aromatic heterocycles. The lowest BCUT2D eigenvalue weighted by atomic mass is 10.0. The maximum Gasteiger partial charge on any atom is 0.118 e. The summed E-state index contributed by atoms with van der Waals surface area (Å²) in [6, 6.07) is 16.4. The lowest BCUT2D eigenvalue weighted by Crippen LogP contribution is -2.42. The van der Waals surface area contributed by atoms with Crippen LogP contribution in [-0.2, 0) is 11.3 Å². The van der Waals surface area contributed by atoms with Crippen LogP contribution in [0.2, 0.25) is 5.02 Å². The van der Waals surface area contributed by atoms with Crippen LogP contribution in [0.25, 0.3) is 11.3 Å². The van der Waals surface area contributed by atoms with E-state index in [-0.39, 0.29) is 6.04 Å². The van der Waals surface area contributed by atoms with E-state index in [0.717, 1.165) is 67.0 Å². The van der Waals surface area contributed by atoms with Gasteiger partial charge in [0.2, 0.25) is 0 Å². The van der Waals surface area contributed by atoms with Crippen LogP contribution in [0.4, 0.5) is 0 Å². The molecule has 0 bridgehead atoms. The fourth-order valence-corrected chi connectivity index (χ4v) is 3.95. The van der Waals surface area contributed by atoms with Crippen LogP contribution < -0.4 is 10.1 Å². The minimum atomic E-state index is 0.269. The van der Waals surface area contributed by atoms with Gasteiger partial charge in [0.05, 0.1) is 32.2 Å². The van der Waals surface area contributed by atoms with Gasteiger partial charge in [0.25, 0.3) is 0 Å². The predicted octanol–water partition coefficient (Wildman–Crippen LogP) is 3.90. The molecule has 0 spiro atoms. The van der Waals surface area contributed by atoms with Crippen LogP contribution in [0.5, 0.6) is 5.75 Å². The number of H-pyrrole nitrogens is 1. The Labute approximate surface area is 182 Å². The molecule has 1 aliphatic heterocycles. The molecule has 3 aromatic rings. The van der Waals surface area contributed by atoms with Crippen molar-refractivity contribution < 1.29 is 9.47 Å². The summed E-state index contributed by atoms with van der Waals surface area (Å²) in [6.45, 7) is 4.97. The molecule has 2 aromatic carbocycles. The second-order valence-electron chi connectivity index (χ2n) is 7.35. The number of halogens is 1. The van der Waals surface area contributed by atoms with Crippen molar-refractivity contribution in [2.45, 2.75) is 12.6 Å². The molecule has 7 heteroatoms. The summed E-state index contributed by atoms with van der Waals surface area (Å²) >= 11 is 6.02. The van der Waals surface area contributed by atoms with E-state index in [4.69, 9.17) is 21.1 Å². The Morgan fingerprint density at radius 1 is 1.13 bits per heavy atom. The van der Waals surface area contributed by atoms with Crippen LogP contribution in [0.1, 0.15) is 17.2 Å². The first-order chi connectivity index (χ1) is 14.7. The smallest absolute Gasteiger partial charge is 0.118 e. The van der Waals surface area contributed by atoms with Gasteiger partial charge in [0.1, 0.15) is 5.75 Å². The zero-order valence-corrected chi connectivity index (χ0v) is 17.9. The third-order valence-electron chi connectivity index (χ3n) is 5.49. The van der Waals surface area contributed by atoms with Gasteiger partial charge >= 0.3 is 0 Å². The fourth-order valence-electron chi connectivity index (χ4n) is 3.83. The summed E-state index contributed by atoms with van der Waals surface area (Å²) in [6.07, 6.45) is 1.88. The normalized spacial score (nSPS) is 15.8. The second kappa shape index (κ2) is 10.1. The highest BCUT2D eigenvalue weighted by Crippen LogP contribution is 2.25. The zero-order chi connectivity index (χ0) is 20.8. The molecule has 0 saturated carbocycles. The standard InChI is InChI=1S/C23H27ClN4O2/c1-29-21-8-4-17(5-9-21)22(28-10-12-30-13-11-28)16-25-14-19-15-26-27-23(19)18-2-6-20(24)7-3-18/h2-9,15,22,25H,10-14,16H2,1H3,(H,26,27). The molecular formula is C23H27ClN4O2. The summed E-state index contributed by atoms with van der Waals surface area (Å²) in [4.78, 5) is 2.48. The van der Waals surface area contributed by atoms with Crippen molar-refractivity contribution in [1.29, 1.82) is 0 Å². The van der Waals surface area contributed by atoms with Gasteiger partial charge in [-0.1, -0.05) is 35.9 Å². The van der Waals surface area contributed by atoms with Gasteiger partial charge in [0, 0.05) is 42.8 Å². The number of rotatable bonds is 8. The van der Waals surface area contributed by atoms with Crippen molar-refractivity contribution in [1.82, 2.24) is 20.4 Å². The van der Waals surface area contributed by atoms with E-state index >= 15 is 0 Å². The highest BCUT2D eigenvalue weighted by Gasteiger charge is 2.22. The van der Waals surface area contributed by atoms with Crippen molar-refractivity contribution in [3.05, 3.63) is 70.9 Å². The van der Waals surface area contributed by atoms with Crippen LogP contribution >= 0.6 is 11.6 Å². The summed E-state index contributed by atoms with van der Waals surface area (Å²) in [5, 5.41) is 11.7. The van der Waals surface area contributed by atoms with E-state index in [9.17, 15) is 0 Å². The Morgan fingerprint density at radius 2 is 1.87 bits per heavy atom. The lowest BCUT2D eigenvalue weighted by molar-refractivity contribution is 0.0161. The zero-order valence-electron chi connectivity index (χ0n) is 17.1. The van der Waals surface area contributed by atoms with Crippen molar-refractivity contribution in [2.24, 2.45) is 0 Å². The average molecular weight is 427 g/mol. The number of ether oxygens (including phenoxy) is 2.